The number of nitrogens with one attached hydrogen (secondary N) is 2. The monoisotopic (exact) mass is 313 g/mol. The van der Waals surface area contributed by atoms with E-state index in [-0.39, 0.29) is 16.5 Å². The first-order valence-corrected chi connectivity index (χ1v) is 7.88. The molecule has 1 saturated heterocycles. The number of hydrogen-bond acceptors (Lipinski definition) is 5. The summed E-state index contributed by atoms with van der Waals surface area (Å²) in [6, 6.07) is 1.41. The second-order valence-corrected chi connectivity index (χ2v) is 6.31. The van der Waals surface area contributed by atoms with E-state index in [1.165, 1.54) is 0 Å². The topological polar surface area (TPSA) is 125 Å². The Hall–Kier alpha value is -2.00. The van der Waals surface area contributed by atoms with Crippen LogP contribution in [0.4, 0.5) is 0 Å². The zero-order valence-corrected chi connectivity index (χ0v) is 11.9. The predicted octanol–water partition coefficient (Wildman–Crippen LogP) is -0.273. The fraction of sp³-hybridized carbons (Fsp3) is 0.417. The quantitative estimate of drug-likeness (QED) is 0.702. The molecule has 2 rings (SSSR count). The number of carbonyl (C=O) groups excluding carboxylic acids is 1. The van der Waals surface area contributed by atoms with E-state index < -0.39 is 22.0 Å². The van der Waals surface area contributed by atoms with E-state index in [1.54, 1.807) is 0 Å². The van der Waals surface area contributed by atoms with Crippen molar-refractivity contribution < 1.29 is 23.1 Å². The van der Waals surface area contributed by atoms with Gasteiger partial charge in [0.05, 0.1) is 5.56 Å². The van der Waals surface area contributed by atoms with E-state index in [0.29, 0.717) is 13.0 Å². The highest BCUT2D eigenvalue weighted by molar-refractivity contribution is 7.89. The lowest BCUT2D eigenvalue weighted by Gasteiger charge is -2.14. The highest BCUT2D eigenvalue weighted by Gasteiger charge is 2.27. The fourth-order valence-corrected chi connectivity index (χ4v) is 3.12. The smallest absolute Gasteiger partial charge is 0.337 e. The van der Waals surface area contributed by atoms with Gasteiger partial charge in [-0.3, -0.25) is 4.79 Å². The SMILES string of the molecule is O=C(O)c1ccc(S(=O)(=O)NC2CCCCNC2=O)nc1. The molecule has 1 unspecified atom stereocenters. The number of aromatic nitrogens is 1. The van der Waals surface area contributed by atoms with Crippen molar-refractivity contribution in [2.45, 2.75) is 30.3 Å². The Labute approximate surface area is 121 Å². The molecule has 1 aliphatic rings. The minimum atomic E-state index is -3.97. The second-order valence-electron chi connectivity index (χ2n) is 4.65. The molecule has 2 heterocycles. The molecule has 21 heavy (non-hydrogen) atoms. The maximum atomic E-state index is 12.1. The van der Waals surface area contributed by atoms with Crippen LogP contribution in [-0.4, -0.2) is 43.0 Å². The van der Waals surface area contributed by atoms with Gasteiger partial charge in [0.15, 0.2) is 5.03 Å². The number of carboxylic acids is 1. The van der Waals surface area contributed by atoms with Gasteiger partial charge in [-0.15, -0.1) is 0 Å². The molecule has 9 heteroatoms. The van der Waals surface area contributed by atoms with Crippen molar-refractivity contribution >= 4 is 21.9 Å². The molecule has 0 saturated carbocycles. The largest absolute Gasteiger partial charge is 0.478 e. The van der Waals surface area contributed by atoms with E-state index in [0.717, 1.165) is 31.2 Å². The van der Waals surface area contributed by atoms with Gasteiger partial charge in [-0.25, -0.2) is 18.2 Å². The predicted molar refractivity (Wildman–Crippen MR) is 72.2 cm³/mol. The van der Waals surface area contributed by atoms with Crippen LogP contribution in [0.15, 0.2) is 23.4 Å². The highest BCUT2D eigenvalue weighted by Crippen LogP contribution is 2.11. The molecule has 0 spiro atoms. The summed E-state index contributed by atoms with van der Waals surface area (Å²) in [4.78, 5) is 26.1. The van der Waals surface area contributed by atoms with Crippen molar-refractivity contribution in [2.75, 3.05) is 6.54 Å². The number of carbonyl (C=O) groups is 2. The van der Waals surface area contributed by atoms with Crippen molar-refractivity contribution in [1.82, 2.24) is 15.0 Å². The Morgan fingerprint density at radius 1 is 1.38 bits per heavy atom. The average molecular weight is 313 g/mol. The minimum absolute atomic E-state index is 0.110. The lowest BCUT2D eigenvalue weighted by Crippen LogP contribution is -2.45. The zero-order valence-electron chi connectivity index (χ0n) is 11.1. The third-order valence-corrected chi connectivity index (χ3v) is 4.48. The molecular formula is C12H15N3O5S. The number of sulfonamides is 1. The van der Waals surface area contributed by atoms with Crippen molar-refractivity contribution in [2.24, 2.45) is 0 Å². The van der Waals surface area contributed by atoms with Crippen LogP contribution in [-0.2, 0) is 14.8 Å². The van der Waals surface area contributed by atoms with Crippen LogP contribution in [0.5, 0.6) is 0 Å². The van der Waals surface area contributed by atoms with Crippen molar-refractivity contribution in [3.63, 3.8) is 0 Å². The molecule has 1 amide bonds. The number of rotatable bonds is 4. The van der Waals surface area contributed by atoms with Gasteiger partial charge < -0.3 is 10.4 Å². The van der Waals surface area contributed by atoms with Crippen LogP contribution in [0.2, 0.25) is 0 Å². The maximum Gasteiger partial charge on any atom is 0.337 e. The molecule has 0 bridgehead atoms. The average Bonchev–Trinajstić information content (AvgIpc) is 2.64. The van der Waals surface area contributed by atoms with Gasteiger partial charge in [-0.2, -0.15) is 4.72 Å². The van der Waals surface area contributed by atoms with E-state index in [9.17, 15) is 18.0 Å². The Bertz CT molecular complexity index is 641. The van der Waals surface area contributed by atoms with Gasteiger partial charge in [-0.1, -0.05) is 0 Å². The molecule has 8 nitrogen and oxygen atoms in total. The first-order valence-electron chi connectivity index (χ1n) is 6.39. The summed E-state index contributed by atoms with van der Waals surface area (Å²) >= 11 is 0. The first kappa shape index (κ1) is 15.4. The van der Waals surface area contributed by atoms with Crippen LogP contribution in [0.1, 0.15) is 29.6 Å². The molecule has 114 valence electrons. The molecule has 1 aromatic heterocycles. The molecule has 1 atom stereocenters. The Kier molecular flexibility index (Phi) is 4.53. The zero-order chi connectivity index (χ0) is 15.5. The van der Waals surface area contributed by atoms with Gasteiger partial charge in [-0.05, 0) is 31.4 Å². The highest BCUT2D eigenvalue weighted by atomic mass is 32.2. The summed E-state index contributed by atoms with van der Waals surface area (Å²) in [7, 11) is -3.97. The normalized spacial score (nSPS) is 19.6. The van der Waals surface area contributed by atoms with Crippen LogP contribution >= 0.6 is 0 Å². The van der Waals surface area contributed by atoms with E-state index in [1.807, 2.05) is 0 Å². The Balaban J connectivity index is 2.17. The number of aromatic carboxylic acids is 1. The molecule has 1 aromatic rings. The molecule has 0 aliphatic carbocycles. The third kappa shape index (κ3) is 3.76. The van der Waals surface area contributed by atoms with Gasteiger partial charge >= 0.3 is 5.97 Å². The van der Waals surface area contributed by atoms with Crippen LogP contribution in [0.25, 0.3) is 0 Å². The number of hydrogen-bond donors (Lipinski definition) is 3. The molecular weight excluding hydrogens is 298 g/mol. The summed E-state index contributed by atoms with van der Waals surface area (Å²) < 4.78 is 26.6. The number of pyridine rings is 1. The molecule has 1 aliphatic heterocycles. The summed E-state index contributed by atoms with van der Waals surface area (Å²) in [6.07, 6.45) is 2.91. The van der Waals surface area contributed by atoms with Crippen molar-refractivity contribution in [3.05, 3.63) is 23.9 Å². The van der Waals surface area contributed by atoms with Gasteiger partial charge in [0.25, 0.3) is 10.0 Å². The summed E-state index contributed by atoms with van der Waals surface area (Å²) in [5, 5.41) is 11.1. The third-order valence-electron chi connectivity index (χ3n) is 3.09. The first-order chi connectivity index (χ1) is 9.90. The summed E-state index contributed by atoms with van der Waals surface area (Å²) in [5.74, 6) is -1.55. The van der Waals surface area contributed by atoms with Crippen LogP contribution in [0, 0.1) is 0 Å². The van der Waals surface area contributed by atoms with Crippen LogP contribution < -0.4 is 10.0 Å². The maximum absolute atomic E-state index is 12.1. The molecule has 0 aromatic carbocycles. The standard InChI is InChI=1S/C12H15N3O5S/c16-11-9(3-1-2-6-13-11)15-21(19,20)10-5-4-8(7-14-10)12(17)18/h4-5,7,9,15H,1-3,6H2,(H,13,16)(H,17,18). The lowest BCUT2D eigenvalue weighted by atomic mass is 10.1. The molecule has 0 radical (unpaired) electrons. The number of nitrogens with zero attached hydrogens (tertiary/aromatic N) is 1. The summed E-state index contributed by atoms with van der Waals surface area (Å²) in [6.45, 7) is 0.530. The molecule has 1 fully saturated rings. The summed E-state index contributed by atoms with van der Waals surface area (Å²) in [5.41, 5.74) is -0.110. The van der Waals surface area contributed by atoms with E-state index in [2.05, 4.69) is 15.0 Å². The van der Waals surface area contributed by atoms with Crippen LogP contribution in [0.3, 0.4) is 0 Å². The van der Waals surface area contributed by atoms with E-state index >= 15 is 0 Å². The fourth-order valence-electron chi connectivity index (χ4n) is 1.97. The van der Waals surface area contributed by atoms with Crippen molar-refractivity contribution in [1.29, 1.82) is 0 Å². The minimum Gasteiger partial charge on any atom is -0.478 e. The van der Waals surface area contributed by atoms with Gasteiger partial charge in [0, 0.05) is 12.7 Å². The van der Waals surface area contributed by atoms with Crippen molar-refractivity contribution in [3.8, 4) is 0 Å². The van der Waals surface area contributed by atoms with Gasteiger partial charge in [0.2, 0.25) is 5.91 Å². The van der Waals surface area contributed by atoms with Gasteiger partial charge in [0.1, 0.15) is 6.04 Å². The molecule has 3 N–H and O–H groups in total. The number of amides is 1. The number of carboxylic acid groups (broad SMARTS) is 1. The Morgan fingerprint density at radius 2 is 2.14 bits per heavy atom. The lowest BCUT2D eigenvalue weighted by molar-refractivity contribution is -0.122. The van der Waals surface area contributed by atoms with E-state index in [4.69, 9.17) is 5.11 Å². The Morgan fingerprint density at radius 3 is 2.76 bits per heavy atom. The second kappa shape index (κ2) is 6.19.